The second kappa shape index (κ2) is 7.23. The van der Waals surface area contributed by atoms with Gasteiger partial charge in [0.05, 0.1) is 0 Å². The van der Waals surface area contributed by atoms with E-state index in [9.17, 15) is 9.59 Å². The zero-order valence-electron chi connectivity index (χ0n) is 14.5. The van der Waals surface area contributed by atoms with Crippen LogP contribution in [0.3, 0.4) is 0 Å². The van der Waals surface area contributed by atoms with Gasteiger partial charge in [-0.2, -0.15) is 5.10 Å². The Kier molecular flexibility index (Phi) is 4.80. The van der Waals surface area contributed by atoms with Gasteiger partial charge in [-0.05, 0) is 49.6 Å². The summed E-state index contributed by atoms with van der Waals surface area (Å²) in [6, 6.07) is 9.31. The molecule has 0 aliphatic carbocycles. The van der Waals surface area contributed by atoms with Crippen LogP contribution in [-0.4, -0.2) is 57.6 Å². The molecular formula is C19H21BrN4O2. The van der Waals surface area contributed by atoms with Crippen LogP contribution in [0.4, 0.5) is 0 Å². The predicted molar refractivity (Wildman–Crippen MR) is 101 cm³/mol. The van der Waals surface area contributed by atoms with Crippen LogP contribution >= 0.6 is 15.9 Å². The third kappa shape index (κ3) is 3.40. The lowest BCUT2D eigenvalue weighted by molar-refractivity contribution is 0.0532. The van der Waals surface area contributed by atoms with Gasteiger partial charge < -0.3 is 9.80 Å². The van der Waals surface area contributed by atoms with Gasteiger partial charge in [0, 0.05) is 48.5 Å². The Hall–Kier alpha value is -2.15. The number of carbonyl (C=O) groups excluding carboxylic acids is 2. The molecule has 0 spiro atoms. The number of benzene rings is 1. The van der Waals surface area contributed by atoms with Crippen molar-refractivity contribution < 1.29 is 9.59 Å². The molecule has 1 aromatic heterocycles. The van der Waals surface area contributed by atoms with E-state index in [0.717, 1.165) is 36.0 Å². The molecule has 2 aromatic rings. The molecule has 4 rings (SSSR count). The van der Waals surface area contributed by atoms with Crippen LogP contribution in [0.5, 0.6) is 0 Å². The first-order valence-electron chi connectivity index (χ1n) is 9.03. The number of carbonyl (C=O) groups is 2. The second-order valence-electron chi connectivity index (χ2n) is 6.79. The molecule has 26 heavy (non-hydrogen) atoms. The topological polar surface area (TPSA) is 58.4 Å². The average molecular weight is 417 g/mol. The van der Waals surface area contributed by atoms with Gasteiger partial charge >= 0.3 is 0 Å². The van der Waals surface area contributed by atoms with Gasteiger partial charge in [0.15, 0.2) is 5.69 Å². The zero-order valence-corrected chi connectivity index (χ0v) is 16.1. The molecule has 2 aliphatic rings. The van der Waals surface area contributed by atoms with E-state index in [1.54, 1.807) is 4.90 Å². The molecule has 0 atom stereocenters. The summed E-state index contributed by atoms with van der Waals surface area (Å²) in [6.45, 7) is 3.09. The summed E-state index contributed by atoms with van der Waals surface area (Å²) in [5, 5.41) is 4.48. The lowest BCUT2D eigenvalue weighted by atomic mass is 10.1. The maximum absolute atomic E-state index is 12.7. The maximum Gasteiger partial charge on any atom is 0.274 e. The van der Waals surface area contributed by atoms with Crippen molar-refractivity contribution in [2.24, 2.45) is 0 Å². The molecule has 1 fully saturated rings. The summed E-state index contributed by atoms with van der Waals surface area (Å²) >= 11 is 3.38. The van der Waals surface area contributed by atoms with Crippen molar-refractivity contribution in [2.45, 2.75) is 25.8 Å². The molecule has 0 radical (unpaired) electrons. The lowest BCUT2D eigenvalue weighted by Crippen LogP contribution is -2.50. The molecule has 1 saturated heterocycles. The molecule has 0 bridgehead atoms. The monoisotopic (exact) mass is 416 g/mol. The molecule has 0 saturated carbocycles. The van der Waals surface area contributed by atoms with Crippen molar-refractivity contribution in [3.63, 3.8) is 0 Å². The summed E-state index contributed by atoms with van der Waals surface area (Å²) in [7, 11) is 0. The van der Waals surface area contributed by atoms with Crippen LogP contribution < -0.4 is 0 Å². The number of fused-ring (bicyclic) bond motifs is 1. The summed E-state index contributed by atoms with van der Waals surface area (Å²) in [4.78, 5) is 28.9. The van der Waals surface area contributed by atoms with Crippen molar-refractivity contribution in [3.8, 4) is 0 Å². The normalized spacial score (nSPS) is 17.1. The summed E-state index contributed by atoms with van der Waals surface area (Å²) in [5.74, 6) is -0.00954. The van der Waals surface area contributed by atoms with Gasteiger partial charge in [-0.1, -0.05) is 15.9 Å². The number of hydrogen-bond acceptors (Lipinski definition) is 3. The Labute approximate surface area is 160 Å². The SMILES string of the molecule is O=C(c1ccc(Br)cc1)N1CCN(C(=O)c2cc3n(n2)CCCC3)CC1. The van der Waals surface area contributed by atoms with Crippen molar-refractivity contribution in [2.75, 3.05) is 26.2 Å². The first-order chi connectivity index (χ1) is 12.6. The van der Waals surface area contributed by atoms with E-state index in [-0.39, 0.29) is 11.8 Å². The van der Waals surface area contributed by atoms with E-state index in [1.807, 2.05) is 39.9 Å². The minimum atomic E-state index is -0.0253. The molecule has 3 heterocycles. The smallest absolute Gasteiger partial charge is 0.274 e. The van der Waals surface area contributed by atoms with Crippen LogP contribution in [0.25, 0.3) is 0 Å². The number of nitrogens with zero attached hydrogens (tertiary/aromatic N) is 4. The average Bonchev–Trinajstić information content (AvgIpc) is 3.12. The van der Waals surface area contributed by atoms with E-state index in [1.165, 1.54) is 0 Å². The molecule has 0 N–H and O–H groups in total. The summed E-state index contributed by atoms with van der Waals surface area (Å²) < 4.78 is 2.91. The zero-order chi connectivity index (χ0) is 18.1. The van der Waals surface area contributed by atoms with Crippen LogP contribution in [0.2, 0.25) is 0 Å². The highest BCUT2D eigenvalue weighted by Crippen LogP contribution is 2.18. The first kappa shape index (κ1) is 17.3. The van der Waals surface area contributed by atoms with Crippen molar-refractivity contribution in [1.82, 2.24) is 19.6 Å². The fourth-order valence-corrected chi connectivity index (χ4v) is 3.84. The quantitative estimate of drug-likeness (QED) is 0.755. The largest absolute Gasteiger partial charge is 0.335 e. The molecule has 2 amide bonds. The number of piperazine rings is 1. The predicted octanol–water partition coefficient (Wildman–Crippen LogP) is 2.58. The van der Waals surface area contributed by atoms with Gasteiger partial charge in [0.25, 0.3) is 11.8 Å². The number of halogens is 1. The van der Waals surface area contributed by atoms with Gasteiger partial charge in [0.2, 0.25) is 0 Å². The van der Waals surface area contributed by atoms with Gasteiger partial charge in [-0.25, -0.2) is 0 Å². The van der Waals surface area contributed by atoms with E-state index < -0.39 is 0 Å². The second-order valence-corrected chi connectivity index (χ2v) is 7.71. The third-order valence-electron chi connectivity index (χ3n) is 5.08. The Morgan fingerprint density at radius 1 is 0.885 bits per heavy atom. The van der Waals surface area contributed by atoms with Crippen LogP contribution in [0.15, 0.2) is 34.8 Å². The van der Waals surface area contributed by atoms with Crippen LogP contribution in [-0.2, 0) is 13.0 Å². The Bertz CT molecular complexity index is 799. The molecule has 136 valence electrons. The highest BCUT2D eigenvalue weighted by Gasteiger charge is 2.27. The highest BCUT2D eigenvalue weighted by molar-refractivity contribution is 9.10. The molecule has 7 heteroatoms. The van der Waals surface area contributed by atoms with E-state index >= 15 is 0 Å². The minimum Gasteiger partial charge on any atom is -0.335 e. The van der Waals surface area contributed by atoms with Gasteiger partial charge in [-0.3, -0.25) is 14.3 Å². The van der Waals surface area contributed by atoms with E-state index in [2.05, 4.69) is 21.0 Å². The Morgan fingerprint density at radius 3 is 2.19 bits per heavy atom. The first-order valence-corrected chi connectivity index (χ1v) is 9.82. The Morgan fingerprint density at radius 2 is 1.54 bits per heavy atom. The van der Waals surface area contributed by atoms with Crippen LogP contribution in [0, 0.1) is 0 Å². The summed E-state index contributed by atoms with van der Waals surface area (Å²) in [5.41, 5.74) is 2.37. The van der Waals surface area contributed by atoms with E-state index in [0.29, 0.717) is 37.4 Å². The van der Waals surface area contributed by atoms with Gasteiger partial charge in [-0.15, -0.1) is 0 Å². The number of aromatic nitrogens is 2. The fourth-order valence-electron chi connectivity index (χ4n) is 3.57. The van der Waals surface area contributed by atoms with Crippen LogP contribution in [0.1, 0.15) is 39.4 Å². The molecule has 6 nitrogen and oxygen atoms in total. The number of hydrogen-bond donors (Lipinski definition) is 0. The molecular weight excluding hydrogens is 396 g/mol. The molecule has 2 aliphatic heterocycles. The fraction of sp³-hybridized carbons (Fsp3) is 0.421. The van der Waals surface area contributed by atoms with Gasteiger partial charge in [0.1, 0.15) is 0 Å². The maximum atomic E-state index is 12.7. The van der Waals surface area contributed by atoms with Crippen molar-refractivity contribution in [1.29, 1.82) is 0 Å². The Balaban J connectivity index is 1.38. The standard InChI is InChI=1S/C19H21BrN4O2/c20-15-6-4-14(5-7-15)18(25)22-9-11-23(12-10-22)19(26)17-13-16-3-1-2-8-24(16)21-17/h4-7,13H,1-3,8-12H2. The number of amides is 2. The highest BCUT2D eigenvalue weighted by atomic mass is 79.9. The summed E-state index contributed by atoms with van der Waals surface area (Å²) in [6.07, 6.45) is 3.28. The number of aryl methyl sites for hydroxylation is 2. The number of rotatable bonds is 2. The van der Waals surface area contributed by atoms with Crippen molar-refractivity contribution in [3.05, 3.63) is 51.8 Å². The minimum absolute atomic E-state index is 0.0158. The molecule has 0 unspecified atom stereocenters. The third-order valence-corrected chi connectivity index (χ3v) is 5.61. The lowest BCUT2D eigenvalue weighted by Gasteiger charge is -2.34. The van der Waals surface area contributed by atoms with Crippen molar-refractivity contribution >= 4 is 27.7 Å². The van der Waals surface area contributed by atoms with E-state index in [4.69, 9.17) is 0 Å². The molecule has 1 aromatic carbocycles.